The van der Waals surface area contributed by atoms with E-state index in [1.165, 1.54) is 0 Å². The Bertz CT molecular complexity index is 854. The Morgan fingerprint density at radius 3 is 1.60 bits per heavy atom. The average molecular weight is 587 g/mol. The second-order valence-corrected chi connectivity index (χ2v) is 9.81. The van der Waals surface area contributed by atoms with Gasteiger partial charge in [-0.2, -0.15) is 0 Å². The van der Waals surface area contributed by atoms with Crippen LogP contribution in [0.4, 0.5) is 0 Å². The molecule has 0 saturated carbocycles. The van der Waals surface area contributed by atoms with Crippen LogP contribution < -0.4 is 10.6 Å². The van der Waals surface area contributed by atoms with Crippen LogP contribution in [0.5, 0.6) is 0 Å². The van der Waals surface area contributed by atoms with Gasteiger partial charge in [0.05, 0.1) is 19.8 Å². The maximum absolute atomic E-state index is 11.7. The third-order valence-electron chi connectivity index (χ3n) is 6.90. The van der Waals surface area contributed by atoms with Crippen molar-refractivity contribution in [1.29, 1.82) is 0 Å². The van der Waals surface area contributed by atoms with Gasteiger partial charge < -0.3 is 80.3 Å². The van der Waals surface area contributed by atoms with Gasteiger partial charge in [-0.25, -0.2) is 0 Å². The highest BCUT2D eigenvalue weighted by Gasteiger charge is 2.54. The molecule has 3 aliphatic heterocycles. The van der Waals surface area contributed by atoms with Crippen molar-refractivity contribution in [3.8, 4) is 0 Å². The van der Waals surface area contributed by atoms with Gasteiger partial charge in [0.1, 0.15) is 73.1 Å². The second-order valence-electron chi connectivity index (χ2n) is 9.81. The molecule has 3 rings (SSSR count). The first-order valence-electron chi connectivity index (χ1n) is 12.6. The minimum Gasteiger partial charge on any atom is -0.394 e. The molecule has 0 aliphatic carbocycles. The van der Waals surface area contributed by atoms with Crippen LogP contribution in [-0.4, -0.2) is 170 Å². The van der Waals surface area contributed by atoms with E-state index in [2.05, 4.69) is 10.6 Å². The molecule has 3 aliphatic rings. The van der Waals surface area contributed by atoms with Crippen molar-refractivity contribution in [2.75, 3.05) is 19.8 Å². The van der Waals surface area contributed by atoms with Crippen molar-refractivity contribution in [2.24, 2.45) is 0 Å². The van der Waals surface area contributed by atoms with Crippen LogP contribution in [0.2, 0.25) is 0 Å². The summed E-state index contributed by atoms with van der Waals surface area (Å²) in [5, 5.41) is 97.2. The molecule has 0 aromatic rings. The van der Waals surface area contributed by atoms with Crippen molar-refractivity contribution in [2.45, 2.75) is 106 Å². The molecule has 0 bridgehead atoms. The number of hydrogen-bond acceptors (Lipinski definition) is 16. The number of aliphatic hydroxyl groups excluding tert-OH is 9. The summed E-state index contributed by atoms with van der Waals surface area (Å²) in [5.74, 6) is -1.31. The molecule has 3 fully saturated rings. The zero-order chi connectivity index (χ0) is 29.9. The van der Waals surface area contributed by atoms with Gasteiger partial charge in [-0.1, -0.05) is 0 Å². The van der Waals surface area contributed by atoms with Crippen molar-refractivity contribution in [3.05, 3.63) is 0 Å². The van der Waals surface area contributed by atoms with E-state index in [0.717, 1.165) is 13.8 Å². The van der Waals surface area contributed by atoms with Crippen LogP contribution in [-0.2, 0) is 33.3 Å². The first-order chi connectivity index (χ1) is 18.8. The molecule has 11 N–H and O–H groups in total. The monoisotopic (exact) mass is 586 g/mol. The molecule has 18 nitrogen and oxygen atoms in total. The Labute approximate surface area is 228 Å². The van der Waals surface area contributed by atoms with Crippen LogP contribution in [0, 0.1) is 0 Å². The molecule has 3 heterocycles. The third-order valence-corrected chi connectivity index (χ3v) is 6.90. The van der Waals surface area contributed by atoms with Crippen molar-refractivity contribution < 1.29 is 79.2 Å². The van der Waals surface area contributed by atoms with E-state index in [9.17, 15) is 55.5 Å². The lowest BCUT2D eigenvalue weighted by Crippen LogP contribution is -2.69. The Hall–Kier alpha value is -1.62. The van der Waals surface area contributed by atoms with Gasteiger partial charge in [-0.05, 0) is 0 Å². The predicted molar refractivity (Wildman–Crippen MR) is 124 cm³/mol. The number of aliphatic hydroxyl groups is 9. The summed E-state index contributed by atoms with van der Waals surface area (Å²) in [7, 11) is 0. The van der Waals surface area contributed by atoms with E-state index in [4.69, 9.17) is 23.7 Å². The fourth-order valence-corrected chi connectivity index (χ4v) is 4.86. The van der Waals surface area contributed by atoms with Crippen LogP contribution >= 0.6 is 0 Å². The van der Waals surface area contributed by atoms with Crippen LogP contribution in [0.1, 0.15) is 13.8 Å². The Morgan fingerprint density at radius 1 is 0.600 bits per heavy atom. The molecule has 2 amide bonds. The highest BCUT2D eigenvalue weighted by atomic mass is 16.7. The molecule has 3 saturated heterocycles. The quantitative estimate of drug-likeness (QED) is 0.120. The fourth-order valence-electron chi connectivity index (χ4n) is 4.86. The molecule has 18 heteroatoms. The summed E-state index contributed by atoms with van der Waals surface area (Å²) in [6.45, 7) is -0.135. The molecule has 0 aromatic heterocycles. The van der Waals surface area contributed by atoms with Gasteiger partial charge >= 0.3 is 0 Å². The number of hydrogen-bond donors (Lipinski definition) is 11. The zero-order valence-electron chi connectivity index (χ0n) is 21.7. The van der Waals surface area contributed by atoms with Crippen LogP contribution in [0.25, 0.3) is 0 Å². The Balaban J connectivity index is 1.88. The van der Waals surface area contributed by atoms with Gasteiger partial charge in [-0.3, -0.25) is 9.59 Å². The number of ether oxygens (including phenoxy) is 5. The third kappa shape index (κ3) is 7.05. The standard InChI is InChI=1S/C22H38N2O16/c1-6(28)23-11-16(33)13(30)8(3-25)37-21(11)40-19-15(32)10(5-27)38-22(17(19)34)39-18-12(24-7(2)29)20(35)36-9(4-26)14(18)31/h8-22,25-27,30-35H,3-5H2,1-2H3,(H,23,28)(H,24,29)/t8?,9?,10?,11?,12?,13-,14-,15-,16+,17?,18+,19-,20?,21+,22-/m0/s1. The smallest absolute Gasteiger partial charge is 0.217 e. The molecule has 7 unspecified atom stereocenters. The van der Waals surface area contributed by atoms with E-state index < -0.39 is 124 Å². The maximum atomic E-state index is 11.7. The molecule has 15 atom stereocenters. The number of rotatable bonds is 9. The number of nitrogens with one attached hydrogen (secondary N) is 2. The number of carbonyl (C=O) groups is 2. The second kappa shape index (κ2) is 14.0. The zero-order valence-corrected chi connectivity index (χ0v) is 21.7. The SMILES string of the molecule is CC(=O)NC1[C@@H](O[C@@H]2C(O)[C@H](O[C@@H]3C(NC(C)=O)C(O)OC(CO)[C@@H]3O)OC(CO)[C@@H]2O)OC(CO)[C@H](O)[C@@H]1O. The van der Waals surface area contributed by atoms with E-state index in [1.807, 2.05) is 0 Å². The molecule has 0 radical (unpaired) electrons. The highest BCUT2D eigenvalue weighted by molar-refractivity contribution is 5.73. The molecule has 40 heavy (non-hydrogen) atoms. The molecule has 0 spiro atoms. The van der Waals surface area contributed by atoms with Gasteiger partial charge in [-0.15, -0.1) is 0 Å². The van der Waals surface area contributed by atoms with Crippen molar-refractivity contribution >= 4 is 11.8 Å². The lowest BCUT2D eigenvalue weighted by atomic mass is 9.94. The van der Waals surface area contributed by atoms with Crippen LogP contribution in [0.3, 0.4) is 0 Å². The highest BCUT2D eigenvalue weighted by Crippen LogP contribution is 2.32. The summed E-state index contributed by atoms with van der Waals surface area (Å²) in [4.78, 5) is 23.4. The Morgan fingerprint density at radius 2 is 1.05 bits per heavy atom. The van der Waals surface area contributed by atoms with E-state index >= 15 is 0 Å². The van der Waals surface area contributed by atoms with Gasteiger partial charge in [0.25, 0.3) is 0 Å². The topological polar surface area (TPSA) is 286 Å². The summed E-state index contributed by atoms with van der Waals surface area (Å²) in [6, 6.07) is -2.86. The van der Waals surface area contributed by atoms with E-state index in [-0.39, 0.29) is 0 Å². The summed E-state index contributed by atoms with van der Waals surface area (Å²) < 4.78 is 27.5. The average Bonchev–Trinajstić information content (AvgIpc) is 2.90. The van der Waals surface area contributed by atoms with Gasteiger partial charge in [0, 0.05) is 13.8 Å². The van der Waals surface area contributed by atoms with Crippen molar-refractivity contribution in [1.82, 2.24) is 10.6 Å². The van der Waals surface area contributed by atoms with Gasteiger partial charge in [0.15, 0.2) is 18.9 Å². The normalized spacial score (nSPS) is 46.0. The molecular formula is C22H38N2O16. The number of amides is 2. The lowest BCUT2D eigenvalue weighted by molar-refractivity contribution is -0.365. The first-order valence-corrected chi connectivity index (χ1v) is 12.6. The summed E-state index contributed by atoms with van der Waals surface area (Å²) in [5.41, 5.74) is 0. The predicted octanol–water partition coefficient (Wildman–Crippen LogP) is -7.29. The van der Waals surface area contributed by atoms with E-state index in [1.54, 1.807) is 0 Å². The minimum atomic E-state index is -1.94. The van der Waals surface area contributed by atoms with Crippen molar-refractivity contribution in [3.63, 3.8) is 0 Å². The lowest BCUT2D eigenvalue weighted by Gasteiger charge is -2.49. The van der Waals surface area contributed by atoms with Crippen LogP contribution in [0.15, 0.2) is 0 Å². The molecule has 0 aromatic carbocycles. The summed E-state index contributed by atoms with van der Waals surface area (Å²) >= 11 is 0. The Kier molecular flexibility index (Phi) is 11.5. The maximum Gasteiger partial charge on any atom is 0.217 e. The minimum absolute atomic E-state index is 0.650. The summed E-state index contributed by atoms with van der Waals surface area (Å²) in [6.07, 6.45) is -21.5. The molecular weight excluding hydrogens is 548 g/mol. The van der Waals surface area contributed by atoms with E-state index in [0.29, 0.717) is 0 Å². The van der Waals surface area contributed by atoms with Gasteiger partial charge in [0.2, 0.25) is 11.8 Å². The first kappa shape index (κ1) is 32.9. The fraction of sp³-hybridized carbons (Fsp3) is 0.909. The largest absolute Gasteiger partial charge is 0.394 e. The molecule has 232 valence electrons. The number of carbonyl (C=O) groups excluding carboxylic acids is 2.